The molecule has 3 atom stereocenters. The number of fused-ring (bicyclic) bond motifs is 3. The highest BCUT2D eigenvalue weighted by Crippen LogP contribution is 2.44. The SMILES string of the molecule is C[C@@H]1CN(C(=O)C(C)(NC(=O)OCC2c3ccccc3-c3ccccc32)C(F)(F)F)C[C@H]1C(=O)O. The van der Waals surface area contributed by atoms with Crippen molar-refractivity contribution in [3.05, 3.63) is 59.7 Å². The quantitative estimate of drug-likeness (QED) is 0.660. The van der Waals surface area contributed by atoms with Crippen LogP contribution in [0.1, 0.15) is 30.9 Å². The zero-order valence-corrected chi connectivity index (χ0v) is 19.1. The molecule has 0 aromatic heterocycles. The van der Waals surface area contributed by atoms with Gasteiger partial charge in [0.15, 0.2) is 0 Å². The fourth-order valence-electron chi connectivity index (χ4n) is 4.85. The Morgan fingerprint density at radius 2 is 1.57 bits per heavy atom. The van der Waals surface area contributed by atoms with Gasteiger partial charge in [0.05, 0.1) is 5.92 Å². The van der Waals surface area contributed by atoms with Crippen molar-refractivity contribution in [1.29, 1.82) is 0 Å². The predicted octanol–water partition coefficient (Wildman–Crippen LogP) is 4.03. The molecule has 4 rings (SSSR count). The molecule has 0 radical (unpaired) electrons. The summed E-state index contributed by atoms with van der Waals surface area (Å²) < 4.78 is 47.3. The first-order chi connectivity index (χ1) is 16.4. The van der Waals surface area contributed by atoms with Crippen LogP contribution in [0.3, 0.4) is 0 Å². The highest BCUT2D eigenvalue weighted by molar-refractivity contribution is 5.91. The summed E-state index contributed by atoms with van der Waals surface area (Å²) in [6, 6.07) is 15.0. The van der Waals surface area contributed by atoms with Gasteiger partial charge >= 0.3 is 18.2 Å². The van der Waals surface area contributed by atoms with E-state index in [1.807, 2.05) is 48.5 Å². The maximum atomic E-state index is 14.0. The fourth-order valence-corrected chi connectivity index (χ4v) is 4.85. The van der Waals surface area contributed by atoms with Crippen molar-refractivity contribution in [2.45, 2.75) is 31.5 Å². The summed E-state index contributed by atoms with van der Waals surface area (Å²) >= 11 is 0. The molecule has 1 aliphatic heterocycles. The van der Waals surface area contributed by atoms with Crippen LogP contribution in [0.4, 0.5) is 18.0 Å². The molecule has 1 unspecified atom stereocenters. The molecule has 1 fully saturated rings. The molecule has 0 saturated carbocycles. The predicted molar refractivity (Wildman–Crippen MR) is 120 cm³/mol. The largest absolute Gasteiger partial charge is 0.481 e. The van der Waals surface area contributed by atoms with Crippen LogP contribution in [0.2, 0.25) is 0 Å². The number of hydrogen-bond acceptors (Lipinski definition) is 4. The molecule has 186 valence electrons. The van der Waals surface area contributed by atoms with Crippen molar-refractivity contribution < 1.29 is 37.4 Å². The normalized spacial score (nSPS) is 21.1. The van der Waals surface area contributed by atoms with Crippen molar-refractivity contribution >= 4 is 18.0 Å². The second-order valence-electron chi connectivity index (χ2n) is 9.21. The number of amides is 2. The van der Waals surface area contributed by atoms with Crippen LogP contribution < -0.4 is 5.32 Å². The van der Waals surface area contributed by atoms with E-state index in [0.717, 1.165) is 27.2 Å². The van der Waals surface area contributed by atoms with Gasteiger partial charge in [0.25, 0.3) is 5.91 Å². The number of alkyl halides is 3. The van der Waals surface area contributed by atoms with Gasteiger partial charge < -0.3 is 14.7 Å². The molecule has 0 spiro atoms. The van der Waals surface area contributed by atoms with Gasteiger partial charge in [0, 0.05) is 19.0 Å². The van der Waals surface area contributed by atoms with Gasteiger partial charge in [-0.15, -0.1) is 0 Å². The molecule has 2 aliphatic rings. The van der Waals surface area contributed by atoms with Crippen LogP contribution in [-0.4, -0.2) is 59.4 Å². The fraction of sp³-hybridized carbons (Fsp3) is 0.400. The lowest BCUT2D eigenvalue weighted by Gasteiger charge is -2.34. The molecular weight excluding hydrogens is 465 g/mol. The minimum absolute atomic E-state index is 0.159. The molecule has 7 nitrogen and oxygen atoms in total. The number of likely N-dealkylation sites (tertiary alicyclic amines) is 1. The first-order valence-electron chi connectivity index (χ1n) is 11.2. The Morgan fingerprint density at radius 1 is 1.03 bits per heavy atom. The number of carbonyl (C=O) groups excluding carboxylic acids is 2. The summed E-state index contributed by atoms with van der Waals surface area (Å²) in [5.74, 6) is -4.48. The van der Waals surface area contributed by atoms with Gasteiger partial charge in [-0.2, -0.15) is 13.2 Å². The number of hydrogen-bond donors (Lipinski definition) is 2. The number of carboxylic acids is 1. The van der Waals surface area contributed by atoms with E-state index >= 15 is 0 Å². The van der Waals surface area contributed by atoms with Crippen LogP contribution in [0.15, 0.2) is 48.5 Å². The summed E-state index contributed by atoms with van der Waals surface area (Å²) in [5.41, 5.74) is 0.429. The van der Waals surface area contributed by atoms with E-state index < -0.39 is 41.5 Å². The van der Waals surface area contributed by atoms with Gasteiger partial charge in [-0.05, 0) is 35.1 Å². The van der Waals surface area contributed by atoms with E-state index in [-0.39, 0.29) is 25.6 Å². The second kappa shape index (κ2) is 8.90. The number of benzene rings is 2. The Kier molecular flexibility index (Phi) is 6.25. The first-order valence-corrected chi connectivity index (χ1v) is 11.2. The third-order valence-electron chi connectivity index (χ3n) is 6.91. The van der Waals surface area contributed by atoms with E-state index in [2.05, 4.69) is 0 Å². The number of ether oxygens (including phenoxy) is 1. The summed E-state index contributed by atoms with van der Waals surface area (Å²) in [4.78, 5) is 37.6. The van der Waals surface area contributed by atoms with E-state index in [4.69, 9.17) is 4.74 Å². The number of aliphatic carboxylic acids is 1. The van der Waals surface area contributed by atoms with E-state index in [1.54, 1.807) is 12.2 Å². The van der Waals surface area contributed by atoms with Crippen molar-refractivity contribution in [3.63, 3.8) is 0 Å². The van der Waals surface area contributed by atoms with Crippen LogP contribution in [0.5, 0.6) is 0 Å². The van der Waals surface area contributed by atoms with Gasteiger partial charge in [-0.25, -0.2) is 4.79 Å². The van der Waals surface area contributed by atoms with Crippen molar-refractivity contribution in [2.75, 3.05) is 19.7 Å². The Labute approximate surface area is 199 Å². The summed E-state index contributed by atoms with van der Waals surface area (Å²) in [7, 11) is 0. The smallest absolute Gasteiger partial charge is 0.420 e. The number of nitrogens with one attached hydrogen (secondary N) is 1. The van der Waals surface area contributed by atoms with Crippen molar-refractivity contribution in [1.82, 2.24) is 10.2 Å². The van der Waals surface area contributed by atoms with E-state index in [1.165, 1.54) is 0 Å². The lowest BCUT2D eigenvalue weighted by molar-refractivity contribution is -0.199. The molecule has 10 heteroatoms. The molecule has 2 amide bonds. The molecule has 2 N–H and O–H groups in total. The molecule has 1 saturated heterocycles. The minimum atomic E-state index is -5.14. The molecule has 2 aromatic carbocycles. The summed E-state index contributed by atoms with van der Waals surface area (Å²) in [6.45, 7) is 1.37. The molecule has 35 heavy (non-hydrogen) atoms. The maximum Gasteiger partial charge on any atom is 0.420 e. The minimum Gasteiger partial charge on any atom is -0.481 e. The zero-order valence-electron chi connectivity index (χ0n) is 19.1. The standard InChI is InChI=1S/C25H25F3N2O5/c1-14-11-30(12-19(14)21(31)32)22(33)24(2,25(26,27)28)29-23(34)35-13-20-17-9-5-3-7-15(17)16-8-4-6-10-18(16)20/h3-10,14,19-20H,11-13H2,1-2H3,(H,29,34)(H,31,32)/t14-,19-,24?/m1/s1. The average molecular weight is 490 g/mol. The Morgan fingerprint density at radius 3 is 2.06 bits per heavy atom. The van der Waals surface area contributed by atoms with Gasteiger partial charge in [-0.1, -0.05) is 55.5 Å². The van der Waals surface area contributed by atoms with Gasteiger partial charge in [-0.3, -0.25) is 14.9 Å². The maximum absolute atomic E-state index is 14.0. The van der Waals surface area contributed by atoms with Crippen LogP contribution in [0.25, 0.3) is 11.1 Å². The zero-order chi connectivity index (χ0) is 25.5. The number of carboxylic acid groups (broad SMARTS) is 1. The Bertz CT molecular complexity index is 1120. The second-order valence-corrected chi connectivity index (χ2v) is 9.21. The number of alkyl carbamates (subject to hydrolysis) is 1. The monoisotopic (exact) mass is 490 g/mol. The summed E-state index contributed by atoms with van der Waals surface area (Å²) in [6.07, 6.45) is -6.53. The van der Waals surface area contributed by atoms with Crippen LogP contribution in [-0.2, 0) is 14.3 Å². The lowest BCUT2D eigenvalue weighted by Crippen LogP contribution is -2.65. The highest BCUT2D eigenvalue weighted by Gasteiger charge is 2.60. The first kappa shape index (κ1) is 24.6. The third kappa shape index (κ3) is 4.33. The Balaban J connectivity index is 1.49. The molecule has 0 bridgehead atoms. The number of nitrogens with zero attached hydrogens (tertiary/aromatic N) is 1. The van der Waals surface area contributed by atoms with Crippen LogP contribution in [0, 0.1) is 11.8 Å². The number of carbonyl (C=O) groups is 3. The van der Waals surface area contributed by atoms with Gasteiger partial charge in [0.1, 0.15) is 6.61 Å². The highest BCUT2D eigenvalue weighted by atomic mass is 19.4. The number of rotatable bonds is 5. The third-order valence-corrected chi connectivity index (χ3v) is 6.91. The molecule has 1 aliphatic carbocycles. The lowest BCUT2D eigenvalue weighted by atomic mass is 9.98. The molecule has 1 heterocycles. The molecule has 2 aromatic rings. The van der Waals surface area contributed by atoms with Crippen molar-refractivity contribution in [3.8, 4) is 11.1 Å². The van der Waals surface area contributed by atoms with E-state index in [9.17, 15) is 32.7 Å². The molecular formula is C25H25F3N2O5. The van der Waals surface area contributed by atoms with Crippen LogP contribution >= 0.6 is 0 Å². The number of halogens is 3. The average Bonchev–Trinajstić information content (AvgIpc) is 3.34. The van der Waals surface area contributed by atoms with E-state index in [0.29, 0.717) is 6.92 Å². The van der Waals surface area contributed by atoms with Crippen molar-refractivity contribution in [2.24, 2.45) is 11.8 Å². The summed E-state index contributed by atoms with van der Waals surface area (Å²) in [5, 5.41) is 11.0. The van der Waals surface area contributed by atoms with Gasteiger partial charge in [0.2, 0.25) is 5.54 Å². The Hall–Kier alpha value is -3.56. The topological polar surface area (TPSA) is 95.9 Å².